The second kappa shape index (κ2) is 6.43. The highest BCUT2D eigenvalue weighted by atomic mass is 16.5. The molecule has 5 heteroatoms. The molecule has 5 nitrogen and oxygen atoms in total. The number of ketones is 2. The van der Waals surface area contributed by atoms with Crippen LogP contribution in [-0.2, 0) is 17.6 Å². The zero-order chi connectivity index (χ0) is 17.3. The first-order valence-electron chi connectivity index (χ1n) is 8.02. The van der Waals surface area contributed by atoms with Gasteiger partial charge in [0.25, 0.3) is 0 Å². The van der Waals surface area contributed by atoms with Gasteiger partial charge in [0.2, 0.25) is 5.78 Å². The van der Waals surface area contributed by atoms with Crippen molar-refractivity contribution in [3.8, 4) is 0 Å². The summed E-state index contributed by atoms with van der Waals surface area (Å²) in [5, 5.41) is 0. The predicted molar refractivity (Wildman–Crippen MR) is 88.5 cm³/mol. The number of aromatic nitrogens is 1. The fraction of sp³-hybridized carbons (Fsp3) is 0.316. The average molecular weight is 325 g/mol. The van der Waals surface area contributed by atoms with Crippen molar-refractivity contribution in [3.63, 3.8) is 0 Å². The van der Waals surface area contributed by atoms with Crippen molar-refractivity contribution < 1.29 is 19.1 Å². The topological polar surface area (TPSA) is 76.2 Å². The van der Waals surface area contributed by atoms with Gasteiger partial charge in [0.1, 0.15) is 5.69 Å². The van der Waals surface area contributed by atoms with Crippen LogP contribution in [0.4, 0.5) is 0 Å². The Morgan fingerprint density at radius 3 is 2.54 bits per heavy atom. The lowest BCUT2D eigenvalue weighted by Crippen LogP contribution is -2.24. The molecule has 0 spiro atoms. The van der Waals surface area contributed by atoms with Gasteiger partial charge in [-0.3, -0.25) is 9.59 Å². The number of aryl methyl sites for hydroxylation is 2. The summed E-state index contributed by atoms with van der Waals surface area (Å²) >= 11 is 0. The predicted octanol–water partition coefficient (Wildman–Crippen LogP) is 3.13. The van der Waals surface area contributed by atoms with Gasteiger partial charge in [-0.05, 0) is 56.4 Å². The van der Waals surface area contributed by atoms with Gasteiger partial charge >= 0.3 is 5.97 Å². The maximum absolute atomic E-state index is 12.5. The van der Waals surface area contributed by atoms with E-state index >= 15 is 0 Å². The number of esters is 1. The quantitative estimate of drug-likeness (QED) is 0.677. The average Bonchev–Trinajstić information content (AvgIpc) is 3.22. The van der Waals surface area contributed by atoms with Gasteiger partial charge in [-0.25, -0.2) is 4.79 Å². The molecular weight excluding hydrogens is 306 g/mol. The van der Waals surface area contributed by atoms with Gasteiger partial charge in [0.15, 0.2) is 11.9 Å². The lowest BCUT2D eigenvalue weighted by molar-refractivity contribution is 0.0314. The number of aromatic amines is 1. The molecule has 1 aliphatic rings. The zero-order valence-electron chi connectivity index (χ0n) is 13.7. The molecule has 0 amide bonds. The molecule has 2 aromatic rings. The van der Waals surface area contributed by atoms with E-state index in [1.165, 1.54) is 30.3 Å². The summed E-state index contributed by atoms with van der Waals surface area (Å²) in [7, 11) is 0. The molecule has 0 fully saturated rings. The summed E-state index contributed by atoms with van der Waals surface area (Å²) in [5.74, 6) is -1.02. The minimum Gasteiger partial charge on any atom is -0.450 e. The number of ether oxygens (including phenoxy) is 1. The number of benzene rings is 1. The van der Waals surface area contributed by atoms with E-state index in [1.54, 1.807) is 13.0 Å². The molecule has 0 radical (unpaired) electrons. The highest BCUT2D eigenvalue weighted by Crippen LogP contribution is 2.23. The Morgan fingerprint density at radius 2 is 1.83 bits per heavy atom. The number of hydrogen-bond donors (Lipinski definition) is 1. The van der Waals surface area contributed by atoms with E-state index in [2.05, 4.69) is 4.98 Å². The van der Waals surface area contributed by atoms with Crippen LogP contribution in [0.1, 0.15) is 62.6 Å². The van der Waals surface area contributed by atoms with Gasteiger partial charge in [-0.1, -0.05) is 12.1 Å². The summed E-state index contributed by atoms with van der Waals surface area (Å²) in [5.41, 5.74) is 3.62. The monoisotopic (exact) mass is 325 g/mol. The normalized spacial score (nSPS) is 14.1. The highest BCUT2D eigenvalue weighted by Gasteiger charge is 2.23. The van der Waals surface area contributed by atoms with Gasteiger partial charge in [0.05, 0.1) is 0 Å². The molecule has 0 saturated carbocycles. The van der Waals surface area contributed by atoms with Gasteiger partial charge in [-0.15, -0.1) is 0 Å². The van der Waals surface area contributed by atoms with E-state index in [0.717, 1.165) is 19.3 Å². The van der Waals surface area contributed by atoms with E-state index in [-0.39, 0.29) is 17.3 Å². The van der Waals surface area contributed by atoms with Crippen LogP contribution in [0.3, 0.4) is 0 Å². The fourth-order valence-electron chi connectivity index (χ4n) is 2.95. The largest absolute Gasteiger partial charge is 0.450 e. The molecule has 24 heavy (non-hydrogen) atoms. The fourth-order valence-corrected chi connectivity index (χ4v) is 2.95. The van der Waals surface area contributed by atoms with Crippen LogP contribution in [0, 0.1) is 0 Å². The van der Waals surface area contributed by atoms with E-state index in [1.807, 2.05) is 12.1 Å². The second-order valence-electron chi connectivity index (χ2n) is 6.11. The van der Waals surface area contributed by atoms with Crippen molar-refractivity contribution >= 4 is 17.5 Å². The number of fused-ring (bicyclic) bond motifs is 1. The number of Topliss-reactive ketones (excluding diaryl/α,β-unsaturated/α-hetero) is 2. The van der Waals surface area contributed by atoms with Crippen molar-refractivity contribution in [2.45, 2.75) is 39.2 Å². The van der Waals surface area contributed by atoms with Crippen LogP contribution < -0.4 is 0 Å². The lowest BCUT2D eigenvalue weighted by atomic mass is 10.0. The zero-order valence-corrected chi connectivity index (χ0v) is 13.7. The molecule has 1 aromatic heterocycles. The SMILES string of the molecule is CC(=O)c1c[nH]c(C(=O)O[C@@H](C)C(=O)c2ccc3c(c2)CCC3)c1. The second-order valence-corrected chi connectivity index (χ2v) is 6.11. The molecule has 1 atom stereocenters. The number of nitrogens with one attached hydrogen (secondary N) is 1. The van der Waals surface area contributed by atoms with E-state index in [0.29, 0.717) is 11.1 Å². The molecule has 0 unspecified atom stereocenters. The molecule has 3 rings (SSSR count). The number of rotatable bonds is 5. The third-order valence-electron chi connectivity index (χ3n) is 4.35. The Labute approximate surface area is 140 Å². The van der Waals surface area contributed by atoms with Gasteiger partial charge in [0, 0.05) is 17.3 Å². The van der Waals surface area contributed by atoms with Crippen LogP contribution in [0.5, 0.6) is 0 Å². The maximum Gasteiger partial charge on any atom is 0.355 e. The van der Waals surface area contributed by atoms with E-state index < -0.39 is 12.1 Å². The minimum absolute atomic E-state index is 0.146. The van der Waals surface area contributed by atoms with Crippen molar-refractivity contribution in [1.82, 2.24) is 4.98 Å². The highest BCUT2D eigenvalue weighted by molar-refractivity contribution is 6.02. The Kier molecular flexibility index (Phi) is 4.34. The van der Waals surface area contributed by atoms with Crippen molar-refractivity contribution in [2.75, 3.05) is 0 Å². The lowest BCUT2D eigenvalue weighted by Gasteiger charge is -2.12. The molecular formula is C19H19NO4. The van der Waals surface area contributed by atoms with E-state index in [4.69, 9.17) is 4.74 Å². The van der Waals surface area contributed by atoms with Crippen LogP contribution in [0.15, 0.2) is 30.5 Å². The van der Waals surface area contributed by atoms with Crippen molar-refractivity contribution in [2.24, 2.45) is 0 Å². The van der Waals surface area contributed by atoms with Crippen LogP contribution in [0.2, 0.25) is 0 Å². The summed E-state index contributed by atoms with van der Waals surface area (Å²) in [6.07, 6.45) is 3.72. The summed E-state index contributed by atoms with van der Waals surface area (Å²) in [6, 6.07) is 7.10. The number of H-pyrrole nitrogens is 1. The van der Waals surface area contributed by atoms with Crippen molar-refractivity contribution in [1.29, 1.82) is 0 Å². The first-order chi connectivity index (χ1) is 11.5. The summed E-state index contributed by atoms with van der Waals surface area (Å²) in [6.45, 7) is 2.97. The smallest absolute Gasteiger partial charge is 0.355 e. The molecule has 0 bridgehead atoms. The third kappa shape index (κ3) is 3.15. The molecule has 0 saturated heterocycles. The van der Waals surface area contributed by atoms with Crippen LogP contribution in [0.25, 0.3) is 0 Å². The minimum atomic E-state index is -0.888. The first-order valence-corrected chi connectivity index (χ1v) is 8.02. The van der Waals surface area contributed by atoms with E-state index in [9.17, 15) is 14.4 Å². The number of hydrogen-bond acceptors (Lipinski definition) is 4. The number of carbonyl (C=O) groups is 3. The Bertz CT molecular complexity index is 819. The molecule has 0 aliphatic heterocycles. The van der Waals surface area contributed by atoms with Gasteiger partial charge in [-0.2, -0.15) is 0 Å². The third-order valence-corrected chi connectivity index (χ3v) is 4.35. The standard InChI is InChI=1S/C19H19NO4/c1-11(21)16-9-17(20-10-16)19(23)24-12(2)18(22)15-7-6-13-4-3-5-14(13)8-15/h6-10,12,20H,3-5H2,1-2H3/t12-/m0/s1. The Morgan fingerprint density at radius 1 is 1.08 bits per heavy atom. The van der Waals surface area contributed by atoms with Gasteiger partial charge < -0.3 is 9.72 Å². The maximum atomic E-state index is 12.5. The molecule has 1 aromatic carbocycles. The van der Waals surface area contributed by atoms with Crippen LogP contribution in [-0.4, -0.2) is 28.6 Å². The Hall–Kier alpha value is -2.69. The molecule has 1 heterocycles. The Balaban J connectivity index is 1.69. The van der Waals surface area contributed by atoms with Crippen molar-refractivity contribution in [3.05, 3.63) is 58.4 Å². The number of carbonyl (C=O) groups excluding carboxylic acids is 3. The summed E-state index contributed by atoms with van der Waals surface area (Å²) < 4.78 is 5.23. The van der Waals surface area contributed by atoms with Crippen LogP contribution >= 0.6 is 0 Å². The molecule has 1 N–H and O–H groups in total. The molecule has 1 aliphatic carbocycles. The molecule has 124 valence electrons. The summed E-state index contributed by atoms with van der Waals surface area (Å²) in [4.78, 5) is 38.5. The first kappa shape index (κ1) is 16.2.